The van der Waals surface area contributed by atoms with Gasteiger partial charge in [-0.2, -0.15) is 0 Å². The molecule has 1 aromatic rings. The van der Waals surface area contributed by atoms with E-state index in [1.807, 2.05) is 0 Å². The highest BCUT2D eigenvalue weighted by molar-refractivity contribution is 5.05. The summed E-state index contributed by atoms with van der Waals surface area (Å²) in [6.45, 7) is 7.18. The van der Waals surface area contributed by atoms with Gasteiger partial charge in [0.05, 0.1) is 5.69 Å². The van der Waals surface area contributed by atoms with Crippen molar-refractivity contribution in [2.75, 3.05) is 13.1 Å². The Morgan fingerprint density at radius 2 is 1.84 bits per heavy atom. The van der Waals surface area contributed by atoms with Crippen molar-refractivity contribution in [1.29, 1.82) is 0 Å². The highest BCUT2D eigenvalue weighted by Gasteiger charge is 2.11. The first-order valence-electron chi connectivity index (χ1n) is 7.47. The second-order valence-corrected chi connectivity index (χ2v) is 5.82. The molecule has 1 saturated heterocycles. The maximum Gasteiger partial charge on any atom is 0.251 e. The van der Waals surface area contributed by atoms with Gasteiger partial charge in [0.1, 0.15) is 5.82 Å². The summed E-state index contributed by atoms with van der Waals surface area (Å²) in [5, 5.41) is 0. The Morgan fingerprint density at radius 1 is 1.21 bits per heavy atom. The van der Waals surface area contributed by atoms with E-state index in [-0.39, 0.29) is 11.5 Å². The second-order valence-electron chi connectivity index (χ2n) is 5.82. The number of nitrogens with zero attached hydrogens (tertiary/aromatic N) is 2. The van der Waals surface area contributed by atoms with E-state index in [0.29, 0.717) is 0 Å². The van der Waals surface area contributed by atoms with Crippen LogP contribution in [0.3, 0.4) is 0 Å². The van der Waals surface area contributed by atoms with Gasteiger partial charge in [0, 0.05) is 18.5 Å². The standard InChI is InChI=1S/C15H25N3O/c1-12(2)15-16-13(10-14(19)17-15)11-18-8-6-4-3-5-7-9-18/h10,12H,3-9,11H2,1-2H3,(H,16,17,19). The predicted molar refractivity (Wildman–Crippen MR) is 77.3 cm³/mol. The summed E-state index contributed by atoms with van der Waals surface area (Å²) in [4.78, 5) is 21.5. The average Bonchev–Trinajstić information content (AvgIpc) is 2.31. The van der Waals surface area contributed by atoms with Crippen molar-refractivity contribution in [3.05, 3.63) is 27.9 Å². The Morgan fingerprint density at radius 3 is 2.47 bits per heavy atom. The normalized spacial score (nSPS) is 18.3. The summed E-state index contributed by atoms with van der Waals surface area (Å²) in [6, 6.07) is 1.64. The Bertz CT molecular complexity index is 445. The number of hydrogen-bond donors (Lipinski definition) is 1. The van der Waals surface area contributed by atoms with Gasteiger partial charge in [0.2, 0.25) is 0 Å². The first-order chi connectivity index (χ1) is 9.15. The van der Waals surface area contributed by atoms with Crippen molar-refractivity contribution in [1.82, 2.24) is 14.9 Å². The third-order valence-electron chi connectivity index (χ3n) is 3.69. The summed E-state index contributed by atoms with van der Waals surface area (Å²) in [6.07, 6.45) is 6.56. The number of aromatic nitrogens is 2. The maximum absolute atomic E-state index is 11.7. The van der Waals surface area contributed by atoms with E-state index in [0.717, 1.165) is 31.2 Å². The number of nitrogens with one attached hydrogen (secondary N) is 1. The van der Waals surface area contributed by atoms with Crippen molar-refractivity contribution in [3.8, 4) is 0 Å². The van der Waals surface area contributed by atoms with Crippen molar-refractivity contribution in [3.63, 3.8) is 0 Å². The lowest BCUT2D eigenvalue weighted by molar-refractivity contribution is 0.237. The van der Waals surface area contributed by atoms with E-state index in [1.54, 1.807) is 6.07 Å². The molecule has 1 fully saturated rings. The van der Waals surface area contributed by atoms with Crippen molar-refractivity contribution >= 4 is 0 Å². The molecule has 0 aliphatic carbocycles. The second kappa shape index (κ2) is 6.85. The molecular weight excluding hydrogens is 238 g/mol. The van der Waals surface area contributed by atoms with Crippen LogP contribution in [-0.2, 0) is 6.54 Å². The highest BCUT2D eigenvalue weighted by atomic mass is 16.1. The van der Waals surface area contributed by atoms with Crippen LogP contribution in [0.2, 0.25) is 0 Å². The minimum absolute atomic E-state index is 0.0271. The molecule has 0 amide bonds. The molecule has 4 nitrogen and oxygen atoms in total. The van der Waals surface area contributed by atoms with E-state index in [1.165, 1.54) is 32.1 Å². The fourth-order valence-corrected chi connectivity index (χ4v) is 2.58. The number of rotatable bonds is 3. The number of likely N-dealkylation sites (tertiary alicyclic amines) is 1. The van der Waals surface area contributed by atoms with Crippen LogP contribution in [0.15, 0.2) is 10.9 Å². The third-order valence-corrected chi connectivity index (χ3v) is 3.69. The fraction of sp³-hybridized carbons (Fsp3) is 0.733. The smallest absolute Gasteiger partial charge is 0.251 e. The summed E-state index contributed by atoms with van der Waals surface area (Å²) < 4.78 is 0. The van der Waals surface area contributed by atoms with Gasteiger partial charge in [0.15, 0.2) is 0 Å². The lowest BCUT2D eigenvalue weighted by Gasteiger charge is -2.24. The Labute approximate surface area is 115 Å². The minimum Gasteiger partial charge on any atom is -0.310 e. The molecule has 0 bridgehead atoms. The first kappa shape index (κ1) is 14.3. The molecule has 0 unspecified atom stereocenters. The zero-order valence-electron chi connectivity index (χ0n) is 12.1. The molecular formula is C15H25N3O. The van der Waals surface area contributed by atoms with Gasteiger partial charge in [-0.25, -0.2) is 4.98 Å². The zero-order chi connectivity index (χ0) is 13.7. The summed E-state index contributed by atoms with van der Waals surface area (Å²) in [5.41, 5.74) is 0.883. The van der Waals surface area contributed by atoms with Crippen LogP contribution in [0.5, 0.6) is 0 Å². The Balaban J connectivity index is 2.06. The van der Waals surface area contributed by atoms with E-state index in [2.05, 4.69) is 28.7 Å². The first-order valence-corrected chi connectivity index (χ1v) is 7.47. The number of H-pyrrole nitrogens is 1. The molecule has 19 heavy (non-hydrogen) atoms. The van der Waals surface area contributed by atoms with Gasteiger partial charge in [0.25, 0.3) is 5.56 Å². The topological polar surface area (TPSA) is 49.0 Å². The van der Waals surface area contributed by atoms with Gasteiger partial charge in [-0.15, -0.1) is 0 Å². The molecule has 0 aromatic carbocycles. The molecule has 1 N–H and O–H groups in total. The van der Waals surface area contributed by atoms with E-state index >= 15 is 0 Å². The molecule has 0 radical (unpaired) electrons. The van der Waals surface area contributed by atoms with Gasteiger partial charge in [-0.1, -0.05) is 33.1 Å². The van der Waals surface area contributed by atoms with E-state index in [9.17, 15) is 4.79 Å². The van der Waals surface area contributed by atoms with Crippen LogP contribution < -0.4 is 5.56 Å². The van der Waals surface area contributed by atoms with Crippen molar-refractivity contribution < 1.29 is 0 Å². The molecule has 1 aliphatic rings. The van der Waals surface area contributed by atoms with Crippen molar-refractivity contribution in [2.24, 2.45) is 0 Å². The van der Waals surface area contributed by atoms with Crippen molar-refractivity contribution in [2.45, 2.75) is 58.4 Å². The predicted octanol–water partition coefficient (Wildman–Crippen LogP) is 2.66. The lowest BCUT2D eigenvalue weighted by Crippen LogP contribution is -2.28. The zero-order valence-corrected chi connectivity index (χ0v) is 12.1. The summed E-state index contributed by atoms with van der Waals surface area (Å²) in [5.74, 6) is 1.06. The van der Waals surface area contributed by atoms with Crippen LogP contribution in [-0.4, -0.2) is 28.0 Å². The molecule has 0 saturated carbocycles. The van der Waals surface area contributed by atoms with Gasteiger partial charge in [-0.05, 0) is 25.9 Å². The number of aromatic amines is 1. The minimum atomic E-state index is -0.0271. The SMILES string of the molecule is CC(C)c1nc(CN2CCCCCCC2)cc(=O)[nH]1. The average molecular weight is 263 g/mol. The van der Waals surface area contributed by atoms with Gasteiger partial charge < -0.3 is 4.98 Å². The number of hydrogen-bond acceptors (Lipinski definition) is 3. The molecule has 2 rings (SSSR count). The molecule has 0 atom stereocenters. The molecule has 0 spiro atoms. The largest absolute Gasteiger partial charge is 0.310 e. The molecule has 106 valence electrons. The monoisotopic (exact) mass is 263 g/mol. The molecule has 1 aliphatic heterocycles. The highest BCUT2D eigenvalue weighted by Crippen LogP contribution is 2.13. The van der Waals surface area contributed by atoms with Crippen LogP contribution in [0.4, 0.5) is 0 Å². The Kier molecular flexibility index (Phi) is 5.14. The van der Waals surface area contributed by atoms with Crippen LogP contribution in [0.25, 0.3) is 0 Å². The summed E-state index contributed by atoms with van der Waals surface area (Å²) in [7, 11) is 0. The lowest BCUT2D eigenvalue weighted by atomic mass is 10.1. The summed E-state index contributed by atoms with van der Waals surface area (Å²) >= 11 is 0. The molecule has 4 heteroatoms. The van der Waals surface area contributed by atoms with E-state index < -0.39 is 0 Å². The van der Waals surface area contributed by atoms with Crippen LogP contribution in [0.1, 0.15) is 63.4 Å². The quantitative estimate of drug-likeness (QED) is 0.912. The fourth-order valence-electron chi connectivity index (χ4n) is 2.58. The van der Waals surface area contributed by atoms with Gasteiger partial charge in [-0.3, -0.25) is 9.69 Å². The molecule has 1 aromatic heterocycles. The Hall–Kier alpha value is -1.16. The third kappa shape index (κ3) is 4.46. The van der Waals surface area contributed by atoms with E-state index in [4.69, 9.17) is 0 Å². The van der Waals surface area contributed by atoms with Gasteiger partial charge >= 0.3 is 0 Å². The molecule has 2 heterocycles. The van der Waals surface area contributed by atoms with Crippen LogP contribution >= 0.6 is 0 Å². The van der Waals surface area contributed by atoms with Crippen LogP contribution in [0, 0.1) is 0 Å². The maximum atomic E-state index is 11.7.